The van der Waals surface area contributed by atoms with Gasteiger partial charge >= 0.3 is 5.97 Å². The summed E-state index contributed by atoms with van der Waals surface area (Å²) in [5, 5.41) is 9.31. The Morgan fingerprint density at radius 1 is 1.21 bits per heavy atom. The first-order valence-electron chi connectivity index (χ1n) is 8.28. The predicted octanol–water partition coefficient (Wildman–Crippen LogP) is 4.69. The molecule has 0 fully saturated rings. The third-order valence-electron chi connectivity index (χ3n) is 4.01. The molecule has 3 rings (SSSR count). The first-order valence-corrected chi connectivity index (χ1v) is 10.3. The van der Waals surface area contributed by atoms with E-state index < -0.39 is 17.6 Å². The number of thiazole rings is 1. The maximum Gasteiger partial charge on any atom is 0.303 e. The molecule has 5 nitrogen and oxygen atoms in total. The number of carbonyl (C=O) groups is 2. The van der Waals surface area contributed by atoms with Crippen LogP contribution in [-0.2, 0) is 16.1 Å². The van der Waals surface area contributed by atoms with Gasteiger partial charge in [0.2, 0.25) is 5.91 Å². The fraction of sp³-hybridized carbons (Fsp3) is 0.211. The summed E-state index contributed by atoms with van der Waals surface area (Å²) in [5.74, 6) is -3.37. The Morgan fingerprint density at radius 3 is 2.71 bits per heavy atom. The lowest BCUT2D eigenvalue weighted by atomic mass is 10.2. The quantitative estimate of drug-likeness (QED) is 0.559. The minimum Gasteiger partial charge on any atom is -0.481 e. The number of carboxylic acids is 1. The molecule has 0 radical (unpaired) electrons. The number of carbonyl (C=O) groups excluding carboxylic acids is 1. The fourth-order valence-corrected chi connectivity index (χ4v) is 4.07. The van der Waals surface area contributed by atoms with Crippen LogP contribution in [0, 0.1) is 11.6 Å². The summed E-state index contributed by atoms with van der Waals surface area (Å²) < 4.78 is 27.5. The molecule has 1 amide bonds. The number of hydrogen-bond donors (Lipinski definition) is 1. The van der Waals surface area contributed by atoms with Crippen molar-refractivity contribution in [3.8, 4) is 0 Å². The van der Waals surface area contributed by atoms with Crippen LogP contribution in [0.25, 0.3) is 10.2 Å². The van der Waals surface area contributed by atoms with E-state index in [0.29, 0.717) is 16.2 Å². The first-order chi connectivity index (χ1) is 13.4. The predicted molar refractivity (Wildman–Crippen MR) is 106 cm³/mol. The van der Waals surface area contributed by atoms with Gasteiger partial charge in [-0.2, -0.15) is 0 Å². The Kier molecular flexibility index (Phi) is 6.25. The van der Waals surface area contributed by atoms with Gasteiger partial charge in [0.25, 0.3) is 0 Å². The van der Waals surface area contributed by atoms with Crippen LogP contribution in [0.4, 0.5) is 14.5 Å². The van der Waals surface area contributed by atoms with Crippen LogP contribution < -0.4 is 4.90 Å². The summed E-state index contributed by atoms with van der Waals surface area (Å²) in [4.78, 5) is 30.2. The first kappa shape index (κ1) is 20.2. The molecule has 1 N–H and O–H groups in total. The van der Waals surface area contributed by atoms with Crippen molar-refractivity contribution in [2.75, 3.05) is 11.2 Å². The SMILES string of the molecule is CSc1cccc(N(Cc2nc3ccc(F)c(F)c3s2)C(=O)CCC(=O)O)c1. The monoisotopic (exact) mass is 422 g/mol. The van der Waals surface area contributed by atoms with Crippen LogP contribution in [0.1, 0.15) is 17.8 Å². The van der Waals surface area contributed by atoms with Gasteiger partial charge in [0.1, 0.15) is 5.01 Å². The van der Waals surface area contributed by atoms with E-state index in [9.17, 15) is 18.4 Å². The zero-order valence-corrected chi connectivity index (χ0v) is 16.4. The molecule has 1 heterocycles. The number of halogens is 2. The van der Waals surface area contributed by atoms with Gasteiger partial charge in [-0.25, -0.2) is 13.8 Å². The highest BCUT2D eigenvalue weighted by atomic mass is 32.2. The average Bonchev–Trinajstić information content (AvgIpc) is 3.10. The van der Waals surface area contributed by atoms with Gasteiger partial charge in [-0.1, -0.05) is 6.07 Å². The van der Waals surface area contributed by atoms with E-state index in [1.165, 1.54) is 22.7 Å². The molecule has 0 aliphatic heterocycles. The number of anilines is 1. The molecule has 0 bridgehead atoms. The molecule has 0 saturated carbocycles. The Hall–Kier alpha value is -2.52. The van der Waals surface area contributed by atoms with Crippen molar-refractivity contribution < 1.29 is 23.5 Å². The lowest BCUT2D eigenvalue weighted by Crippen LogP contribution is -2.30. The summed E-state index contributed by atoms with van der Waals surface area (Å²) in [7, 11) is 0. The van der Waals surface area contributed by atoms with Gasteiger partial charge < -0.3 is 10.0 Å². The number of thioether (sulfide) groups is 1. The summed E-state index contributed by atoms with van der Waals surface area (Å²) >= 11 is 2.48. The van der Waals surface area contributed by atoms with Gasteiger partial charge in [-0.15, -0.1) is 23.1 Å². The number of aromatic nitrogens is 1. The highest BCUT2D eigenvalue weighted by Gasteiger charge is 2.21. The maximum atomic E-state index is 14.0. The number of fused-ring (bicyclic) bond motifs is 1. The molecule has 3 aromatic rings. The van der Waals surface area contributed by atoms with E-state index in [1.54, 1.807) is 12.1 Å². The van der Waals surface area contributed by atoms with E-state index in [0.717, 1.165) is 22.3 Å². The molecular weight excluding hydrogens is 406 g/mol. The Morgan fingerprint density at radius 2 is 2.00 bits per heavy atom. The largest absolute Gasteiger partial charge is 0.481 e. The van der Waals surface area contributed by atoms with Crippen LogP contribution in [0.3, 0.4) is 0 Å². The topological polar surface area (TPSA) is 70.5 Å². The van der Waals surface area contributed by atoms with Crippen LogP contribution >= 0.6 is 23.1 Å². The number of hydrogen-bond acceptors (Lipinski definition) is 5. The Labute approximate surface area is 168 Å². The van der Waals surface area contributed by atoms with Crippen LogP contribution in [0.15, 0.2) is 41.3 Å². The molecule has 0 aliphatic rings. The third-order valence-corrected chi connectivity index (χ3v) is 5.78. The van der Waals surface area contributed by atoms with E-state index in [2.05, 4.69) is 4.98 Å². The number of benzene rings is 2. The molecule has 146 valence electrons. The van der Waals surface area contributed by atoms with Crippen molar-refractivity contribution in [2.24, 2.45) is 0 Å². The summed E-state index contributed by atoms with van der Waals surface area (Å²) in [6.07, 6.45) is 1.44. The van der Waals surface area contributed by atoms with Gasteiger partial charge in [0.15, 0.2) is 11.6 Å². The highest BCUT2D eigenvalue weighted by molar-refractivity contribution is 7.98. The van der Waals surface area contributed by atoms with Gasteiger partial charge in [-0.05, 0) is 36.6 Å². The van der Waals surface area contributed by atoms with Crippen molar-refractivity contribution in [3.05, 3.63) is 53.0 Å². The molecule has 0 saturated heterocycles. The molecule has 0 atom stereocenters. The maximum absolute atomic E-state index is 14.0. The molecule has 1 aromatic heterocycles. The molecule has 2 aromatic carbocycles. The number of carboxylic acid groups (broad SMARTS) is 1. The summed E-state index contributed by atoms with van der Waals surface area (Å²) in [6, 6.07) is 9.65. The number of aliphatic carboxylic acids is 1. The Bertz CT molecular complexity index is 1040. The van der Waals surface area contributed by atoms with Crippen LogP contribution in [-0.4, -0.2) is 28.2 Å². The Balaban J connectivity index is 1.95. The lowest BCUT2D eigenvalue weighted by Gasteiger charge is -2.22. The standard InChI is InChI=1S/C19H16F2N2O3S2/c1-27-12-4-2-3-11(9-12)23(16(24)7-8-17(25)26)10-15-22-14-6-5-13(20)18(21)19(14)28-15/h2-6,9H,7-8,10H2,1H3,(H,25,26). The summed E-state index contributed by atoms with van der Waals surface area (Å²) in [6.45, 7) is 0.0384. The normalized spacial score (nSPS) is 11.0. The molecular formula is C19H16F2N2O3S2. The molecule has 28 heavy (non-hydrogen) atoms. The van der Waals surface area contributed by atoms with Crippen molar-refractivity contribution in [3.63, 3.8) is 0 Å². The second-order valence-electron chi connectivity index (χ2n) is 5.89. The van der Waals surface area contributed by atoms with Gasteiger partial charge in [0, 0.05) is 17.0 Å². The van der Waals surface area contributed by atoms with E-state index >= 15 is 0 Å². The van der Waals surface area contributed by atoms with E-state index in [4.69, 9.17) is 5.11 Å². The van der Waals surface area contributed by atoms with Crippen molar-refractivity contribution >= 4 is 50.9 Å². The number of rotatable bonds is 7. The van der Waals surface area contributed by atoms with Crippen molar-refractivity contribution in [2.45, 2.75) is 24.3 Å². The smallest absolute Gasteiger partial charge is 0.303 e. The minimum atomic E-state index is -1.07. The van der Waals surface area contributed by atoms with Crippen molar-refractivity contribution in [1.29, 1.82) is 0 Å². The van der Waals surface area contributed by atoms with E-state index in [1.807, 2.05) is 18.4 Å². The molecule has 9 heteroatoms. The number of amides is 1. The van der Waals surface area contributed by atoms with Crippen LogP contribution in [0.5, 0.6) is 0 Å². The zero-order chi connectivity index (χ0) is 20.3. The second kappa shape index (κ2) is 8.66. The minimum absolute atomic E-state index is 0.0384. The lowest BCUT2D eigenvalue weighted by molar-refractivity contribution is -0.138. The highest BCUT2D eigenvalue weighted by Crippen LogP contribution is 2.30. The summed E-state index contributed by atoms with van der Waals surface area (Å²) in [5.41, 5.74) is 0.905. The average molecular weight is 422 g/mol. The second-order valence-corrected chi connectivity index (χ2v) is 7.86. The number of nitrogens with zero attached hydrogens (tertiary/aromatic N) is 2. The zero-order valence-electron chi connectivity index (χ0n) is 14.8. The van der Waals surface area contributed by atoms with Crippen molar-refractivity contribution in [1.82, 2.24) is 4.98 Å². The molecule has 0 aliphatic carbocycles. The van der Waals surface area contributed by atoms with E-state index in [-0.39, 0.29) is 30.0 Å². The fourth-order valence-electron chi connectivity index (χ4n) is 2.64. The third kappa shape index (κ3) is 4.48. The molecule has 0 unspecified atom stereocenters. The van der Waals surface area contributed by atoms with Crippen LogP contribution in [0.2, 0.25) is 0 Å². The van der Waals surface area contributed by atoms with Gasteiger partial charge in [-0.3, -0.25) is 9.59 Å². The molecule has 0 spiro atoms. The van der Waals surface area contributed by atoms with Gasteiger partial charge in [0.05, 0.1) is 23.2 Å².